The lowest BCUT2D eigenvalue weighted by Gasteiger charge is -2.19. The van der Waals surface area contributed by atoms with Gasteiger partial charge in [-0.3, -0.25) is 4.79 Å². The lowest BCUT2D eigenvalue weighted by atomic mass is 10.2. The Bertz CT molecular complexity index is 1160. The smallest absolute Gasteiger partial charge is 0.370 e. The molecular formula is C17H15F2N5O3. The van der Waals surface area contributed by atoms with Crippen molar-refractivity contribution in [2.45, 2.75) is 12.5 Å². The molecule has 2 aromatic heterocycles. The van der Waals surface area contributed by atoms with Crippen molar-refractivity contribution < 1.29 is 14.0 Å². The third kappa shape index (κ3) is 2.74. The first kappa shape index (κ1) is 17.2. The Labute approximate surface area is 150 Å². The van der Waals surface area contributed by atoms with Gasteiger partial charge < -0.3 is 15.8 Å². The maximum atomic E-state index is 14.6. The summed E-state index contributed by atoms with van der Waals surface area (Å²) in [5.41, 5.74) is 3.70. The van der Waals surface area contributed by atoms with Crippen molar-refractivity contribution in [1.29, 1.82) is 0 Å². The van der Waals surface area contributed by atoms with Crippen LogP contribution in [0, 0.1) is 11.6 Å². The zero-order chi connectivity index (χ0) is 19.3. The summed E-state index contributed by atoms with van der Waals surface area (Å²) in [4.78, 5) is 30.5. The van der Waals surface area contributed by atoms with E-state index in [1.807, 2.05) is 0 Å². The number of anilines is 1. The van der Waals surface area contributed by atoms with Gasteiger partial charge in [0.15, 0.2) is 17.3 Å². The fourth-order valence-corrected chi connectivity index (χ4v) is 3.21. The number of benzene rings is 1. The van der Waals surface area contributed by atoms with Crippen molar-refractivity contribution in [2.75, 3.05) is 18.0 Å². The summed E-state index contributed by atoms with van der Waals surface area (Å²) in [5, 5.41) is 9.54. The SMILES string of the molecule is NC1CCN(c2nc3c(cc2F)c(=O)n(O)c(=O)n3-c2ccc(F)cc2)C1. The van der Waals surface area contributed by atoms with E-state index in [0.29, 0.717) is 19.5 Å². The molecule has 1 unspecified atom stereocenters. The first-order chi connectivity index (χ1) is 12.9. The molecule has 1 aliphatic rings. The predicted molar refractivity (Wildman–Crippen MR) is 93.5 cm³/mol. The zero-order valence-electron chi connectivity index (χ0n) is 14.0. The van der Waals surface area contributed by atoms with Crippen molar-refractivity contribution in [3.63, 3.8) is 0 Å². The van der Waals surface area contributed by atoms with Crippen molar-refractivity contribution in [1.82, 2.24) is 14.3 Å². The standard InChI is InChI=1S/C17H15F2N5O3/c18-9-1-3-11(4-2-9)23-14-12(16(25)24(27)17(23)26)7-13(19)15(21-14)22-6-5-10(20)8-22/h1-4,7,10,27H,5-6,8,20H2. The number of nitrogens with zero attached hydrogens (tertiary/aromatic N) is 4. The van der Waals surface area contributed by atoms with Crippen LogP contribution >= 0.6 is 0 Å². The van der Waals surface area contributed by atoms with Crippen LogP contribution in [-0.4, -0.2) is 38.6 Å². The summed E-state index contributed by atoms with van der Waals surface area (Å²) in [6.07, 6.45) is 0.655. The minimum Gasteiger partial charge on any atom is -0.421 e. The van der Waals surface area contributed by atoms with E-state index in [4.69, 9.17) is 5.73 Å². The fraction of sp³-hybridized carbons (Fsp3) is 0.235. The van der Waals surface area contributed by atoms with Gasteiger partial charge >= 0.3 is 5.69 Å². The number of pyridine rings is 1. The molecule has 1 aliphatic heterocycles. The molecule has 4 rings (SSSR count). The van der Waals surface area contributed by atoms with Gasteiger partial charge in [0.2, 0.25) is 0 Å². The van der Waals surface area contributed by atoms with E-state index in [2.05, 4.69) is 4.98 Å². The molecule has 0 bridgehead atoms. The Kier molecular flexibility index (Phi) is 3.92. The van der Waals surface area contributed by atoms with E-state index in [1.165, 1.54) is 12.1 Å². The Hall–Kier alpha value is -3.27. The Morgan fingerprint density at radius 1 is 1.19 bits per heavy atom. The molecule has 140 valence electrons. The summed E-state index contributed by atoms with van der Waals surface area (Å²) in [7, 11) is 0. The van der Waals surface area contributed by atoms with Crippen molar-refractivity contribution in [3.8, 4) is 5.69 Å². The van der Waals surface area contributed by atoms with Gasteiger partial charge in [-0.05, 0) is 36.8 Å². The van der Waals surface area contributed by atoms with Gasteiger partial charge in [0, 0.05) is 19.1 Å². The molecule has 0 amide bonds. The minimum atomic E-state index is -1.10. The van der Waals surface area contributed by atoms with Crippen LogP contribution in [0.2, 0.25) is 0 Å². The van der Waals surface area contributed by atoms with Crippen LogP contribution in [0.3, 0.4) is 0 Å². The average Bonchev–Trinajstić information content (AvgIpc) is 3.08. The minimum absolute atomic E-state index is 0.0409. The molecule has 27 heavy (non-hydrogen) atoms. The van der Waals surface area contributed by atoms with Gasteiger partial charge in [-0.1, -0.05) is 4.73 Å². The Morgan fingerprint density at radius 2 is 1.89 bits per heavy atom. The molecule has 3 aromatic rings. The van der Waals surface area contributed by atoms with Crippen molar-refractivity contribution in [2.24, 2.45) is 5.73 Å². The first-order valence-corrected chi connectivity index (χ1v) is 8.21. The van der Waals surface area contributed by atoms with E-state index >= 15 is 0 Å². The highest BCUT2D eigenvalue weighted by atomic mass is 19.1. The molecule has 0 radical (unpaired) electrons. The molecule has 0 saturated carbocycles. The molecule has 3 heterocycles. The molecule has 1 aromatic carbocycles. The third-order valence-corrected chi connectivity index (χ3v) is 4.55. The van der Waals surface area contributed by atoms with Crippen LogP contribution in [0.5, 0.6) is 0 Å². The van der Waals surface area contributed by atoms with Gasteiger partial charge in [0.05, 0.1) is 11.1 Å². The lowest BCUT2D eigenvalue weighted by Crippen LogP contribution is -2.39. The number of hydrogen-bond acceptors (Lipinski definition) is 6. The largest absolute Gasteiger partial charge is 0.421 e. The molecule has 0 aliphatic carbocycles. The summed E-state index contributed by atoms with van der Waals surface area (Å²) in [5.74, 6) is -1.34. The highest BCUT2D eigenvalue weighted by Gasteiger charge is 2.25. The second-order valence-corrected chi connectivity index (χ2v) is 6.37. The van der Waals surface area contributed by atoms with Gasteiger partial charge in [0.1, 0.15) is 5.82 Å². The quantitative estimate of drug-likeness (QED) is 0.636. The maximum absolute atomic E-state index is 14.6. The van der Waals surface area contributed by atoms with E-state index in [0.717, 1.165) is 22.8 Å². The maximum Gasteiger partial charge on any atom is 0.370 e. The van der Waals surface area contributed by atoms with Gasteiger partial charge in [-0.2, -0.15) is 0 Å². The van der Waals surface area contributed by atoms with Crippen molar-refractivity contribution in [3.05, 3.63) is 62.8 Å². The summed E-state index contributed by atoms with van der Waals surface area (Å²) in [6.45, 7) is 0.863. The molecule has 0 spiro atoms. The van der Waals surface area contributed by atoms with E-state index < -0.39 is 22.9 Å². The number of aromatic nitrogens is 3. The molecule has 8 nitrogen and oxygen atoms in total. The highest BCUT2D eigenvalue weighted by Crippen LogP contribution is 2.24. The second kappa shape index (κ2) is 6.16. The van der Waals surface area contributed by atoms with Crippen LogP contribution in [-0.2, 0) is 0 Å². The molecule has 1 saturated heterocycles. The van der Waals surface area contributed by atoms with Gasteiger partial charge in [0.25, 0.3) is 5.56 Å². The van der Waals surface area contributed by atoms with Gasteiger partial charge in [-0.15, -0.1) is 0 Å². The third-order valence-electron chi connectivity index (χ3n) is 4.55. The average molecular weight is 375 g/mol. The van der Waals surface area contributed by atoms with Crippen LogP contribution in [0.25, 0.3) is 16.7 Å². The molecular weight excluding hydrogens is 360 g/mol. The number of hydrogen-bond donors (Lipinski definition) is 2. The normalized spacial score (nSPS) is 17.0. The van der Waals surface area contributed by atoms with Crippen LogP contribution in [0.1, 0.15) is 6.42 Å². The molecule has 1 atom stereocenters. The van der Waals surface area contributed by atoms with E-state index in [9.17, 15) is 23.6 Å². The van der Waals surface area contributed by atoms with Crippen molar-refractivity contribution >= 4 is 16.9 Å². The van der Waals surface area contributed by atoms with Crippen LogP contribution in [0.4, 0.5) is 14.6 Å². The second-order valence-electron chi connectivity index (χ2n) is 6.37. The van der Waals surface area contributed by atoms with E-state index in [1.54, 1.807) is 4.90 Å². The van der Waals surface area contributed by atoms with E-state index in [-0.39, 0.29) is 33.3 Å². The topological polar surface area (TPSA) is 106 Å². The summed E-state index contributed by atoms with van der Waals surface area (Å²) < 4.78 is 28.6. The zero-order valence-corrected chi connectivity index (χ0v) is 14.0. The van der Waals surface area contributed by atoms with Crippen LogP contribution in [0.15, 0.2) is 39.9 Å². The monoisotopic (exact) mass is 375 g/mol. The number of halogens is 2. The number of fused-ring (bicyclic) bond motifs is 1. The highest BCUT2D eigenvalue weighted by molar-refractivity contribution is 5.78. The Morgan fingerprint density at radius 3 is 2.52 bits per heavy atom. The summed E-state index contributed by atoms with van der Waals surface area (Å²) in [6, 6.07) is 5.60. The molecule has 10 heteroatoms. The number of rotatable bonds is 2. The Balaban J connectivity index is 2.05. The first-order valence-electron chi connectivity index (χ1n) is 8.21. The number of nitrogens with two attached hydrogens (primary N) is 1. The van der Waals surface area contributed by atoms with Crippen LogP contribution < -0.4 is 21.9 Å². The molecule has 1 fully saturated rings. The predicted octanol–water partition coefficient (Wildman–Crippen LogP) is 0.600. The fourth-order valence-electron chi connectivity index (χ4n) is 3.21. The molecule has 3 N–H and O–H groups in total. The summed E-state index contributed by atoms with van der Waals surface area (Å²) >= 11 is 0. The lowest BCUT2D eigenvalue weighted by molar-refractivity contribution is 0.160. The van der Waals surface area contributed by atoms with Gasteiger partial charge in [-0.25, -0.2) is 23.1 Å².